The third kappa shape index (κ3) is 0.771. The van der Waals surface area contributed by atoms with E-state index in [1.807, 2.05) is 6.92 Å². The average molecular weight is 114 g/mol. The second kappa shape index (κ2) is 1.58. The first-order chi connectivity index (χ1) is 3.30. The summed E-state index contributed by atoms with van der Waals surface area (Å²) in [5.74, 6) is 0. The fourth-order valence-electron chi connectivity index (χ4n) is 0.284. The van der Waals surface area contributed by atoms with Crippen LogP contribution in [0.5, 0.6) is 0 Å². The van der Waals surface area contributed by atoms with Crippen LogP contribution in [0.25, 0.3) is 0 Å². The van der Waals surface area contributed by atoms with E-state index in [1.165, 1.54) is 11.4 Å². The Hall–Kier alpha value is -0.440. The molecule has 1 aliphatic heterocycles. The molecule has 0 fully saturated rings. The van der Waals surface area contributed by atoms with Crippen LogP contribution < -0.4 is 0 Å². The highest BCUT2D eigenvalue weighted by molar-refractivity contribution is 7.57. The molecule has 1 rings (SSSR count). The largest absolute Gasteiger partial charge is 0.204 e. The summed E-state index contributed by atoms with van der Waals surface area (Å²) in [7, 11) is 0. The molecule has 0 bridgehead atoms. The lowest BCUT2D eigenvalue weighted by Gasteiger charge is -1.91. The molecule has 7 heavy (non-hydrogen) atoms. The molecule has 0 aromatic rings. The maximum Gasteiger partial charge on any atom is 0.103 e. The summed E-state index contributed by atoms with van der Waals surface area (Å²) in [6, 6.07) is 0.241. The van der Waals surface area contributed by atoms with Gasteiger partial charge in [0.05, 0.1) is 17.1 Å². The lowest BCUT2D eigenvalue weighted by Crippen LogP contribution is -1.91. The van der Waals surface area contributed by atoms with Crippen LogP contribution in [0.3, 0.4) is 0 Å². The monoisotopic (exact) mass is 114 g/mol. The molecule has 0 radical (unpaired) electrons. The molecule has 38 valence electrons. The first-order valence-electron chi connectivity index (χ1n) is 2.07. The van der Waals surface area contributed by atoms with Gasteiger partial charge in [-0.2, -0.15) is 4.36 Å². The zero-order valence-corrected chi connectivity index (χ0v) is 4.90. The van der Waals surface area contributed by atoms with Crippen molar-refractivity contribution in [3.8, 4) is 0 Å². The van der Waals surface area contributed by atoms with Crippen molar-refractivity contribution in [2.75, 3.05) is 0 Å². The van der Waals surface area contributed by atoms with E-state index in [9.17, 15) is 0 Å². The van der Waals surface area contributed by atoms with Gasteiger partial charge in [0.15, 0.2) is 0 Å². The van der Waals surface area contributed by atoms with E-state index in [0.29, 0.717) is 0 Å². The number of nitrogens with zero attached hydrogens (tertiary/aromatic N) is 2. The Balaban J connectivity index is 2.79. The molecule has 0 spiro atoms. The molecule has 0 aromatic heterocycles. The van der Waals surface area contributed by atoms with Gasteiger partial charge in [-0.15, -0.1) is 0 Å². The fraction of sp³-hybridized carbons (Fsp3) is 0.500. The summed E-state index contributed by atoms with van der Waals surface area (Å²) in [5.41, 5.74) is 0.880. The van der Waals surface area contributed by atoms with Crippen LogP contribution >= 0.6 is 0 Å². The third-order valence-corrected chi connectivity index (χ3v) is 1.57. The molecule has 3 heteroatoms. The van der Waals surface area contributed by atoms with Crippen molar-refractivity contribution < 1.29 is 0 Å². The van der Waals surface area contributed by atoms with Crippen molar-refractivity contribution in [1.82, 2.24) is 0 Å². The van der Waals surface area contributed by atoms with Crippen LogP contribution in [-0.4, -0.2) is 6.04 Å². The Morgan fingerprint density at radius 3 is 2.71 bits per heavy atom. The molecule has 1 atom stereocenters. The molecule has 1 unspecified atom stereocenters. The van der Waals surface area contributed by atoms with E-state index in [1.54, 1.807) is 0 Å². The molecule has 0 N–H and O–H groups in total. The van der Waals surface area contributed by atoms with Crippen molar-refractivity contribution in [2.45, 2.75) is 13.0 Å². The van der Waals surface area contributed by atoms with Gasteiger partial charge < -0.3 is 0 Å². The minimum Gasteiger partial charge on any atom is -0.204 e. The van der Waals surface area contributed by atoms with E-state index < -0.39 is 0 Å². The van der Waals surface area contributed by atoms with Gasteiger partial charge in [0, 0.05) is 0 Å². The van der Waals surface area contributed by atoms with Crippen molar-refractivity contribution >= 4 is 11.4 Å². The minimum absolute atomic E-state index is 0.241. The van der Waals surface area contributed by atoms with Gasteiger partial charge in [-0.25, -0.2) is 4.36 Å². The second-order valence-electron chi connectivity index (χ2n) is 1.45. The maximum absolute atomic E-state index is 3.97. The van der Waals surface area contributed by atoms with Gasteiger partial charge in [-0.1, -0.05) is 6.58 Å². The summed E-state index contributed by atoms with van der Waals surface area (Å²) in [6.07, 6.45) is 0. The lowest BCUT2D eigenvalue weighted by molar-refractivity contribution is 0.892. The molecule has 1 heterocycles. The Labute approximate surface area is 46.1 Å². The Kier molecular flexibility index (Phi) is 1.06. The minimum atomic E-state index is 0.241. The quantitative estimate of drug-likeness (QED) is 0.454. The van der Waals surface area contributed by atoms with E-state index in [2.05, 4.69) is 15.3 Å². The van der Waals surface area contributed by atoms with Crippen LogP contribution in [0.2, 0.25) is 0 Å². The zero-order valence-electron chi connectivity index (χ0n) is 4.09. The normalized spacial score (nSPS) is 28.1. The van der Waals surface area contributed by atoms with Gasteiger partial charge in [0.2, 0.25) is 0 Å². The number of hydrogen-bond acceptors (Lipinski definition) is 2. The third-order valence-electron chi connectivity index (χ3n) is 0.846. The second-order valence-corrected chi connectivity index (χ2v) is 2.00. The standard InChI is InChI=1S/C4H6N2S/c1-3-4(2)6-7-5-3/h4H,1H2,2H3. The zero-order chi connectivity index (χ0) is 5.28. The van der Waals surface area contributed by atoms with E-state index in [-0.39, 0.29) is 6.04 Å². The van der Waals surface area contributed by atoms with Crippen molar-refractivity contribution in [2.24, 2.45) is 8.73 Å². The van der Waals surface area contributed by atoms with Gasteiger partial charge in [0.1, 0.15) is 6.04 Å². The van der Waals surface area contributed by atoms with Crippen molar-refractivity contribution in [1.29, 1.82) is 0 Å². The lowest BCUT2D eigenvalue weighted by atomic mass is 10.3. The van der Waals surface area contributed by atoms with E-state index in [4.69, 9.17) is 0 Å². The summed E-state index contributed by atoms with van der Waals surface area (Å²) in [4.78, 5) is 0. The molecular formula is C4H6N2S. The topological polar surface area (TPSA) is 24.7 Å². The van der Waals surface area contributed by atoms with Gasteiger partial charge in [0.25, 0.3) is 0 Å². The maximum atomic E-state index is 3.97. The van der Waals surface area contributed by atoms with Crippen LogP contribution in [0.1, 0.15) is 6.92 Å². The molecule has 0 saturated heterocycles. The predicted octanol–water partition coefficient (Wildman–Crippen LogP) is 1.35. The van der Waals surface area contributed by atoms with E-state index in [0.717, 1.165) is 5.70 Å². The van der Waals surface area contributed by atoms with Gasteiger partial charge in [-0.3, -0.25) is 0 Å². The molecule has 0 aliphatic carbocycles. The first-order valence-corrected chi connectivity index (χ1v) is 2.80. The molecule has 0 aromatic carbocycles. The average Bonchev–Trinajstić information content (AvgIpc) is 1.91. The van der Waals surface area contributed by atoms with Crippen LogP contribution in [0.15, 0.2) is 21.0 Å². The summed E-state index contributed by atoms with van der Waals surface area (Å²) < 4.78 is 7.84. The molecular weight excluding hydrogens is 108 g/mol. The van der Waals surface area contributed by atoms with Gasteiger partial charge >= 0.3 is 0 Å². The molecule has 1 aliphatic rings. The van der Waals surface area contributed by atoms with Gasteiger partial charge in [-0.05, 0) is 6.92 Å². The highest BCUT2D eigenvalue weighted by atomic mass is 32.1. The summed E-state index contributed by atoms with van der Waals surface area (Å²) in [6.45, 7) is 5.63. The fourth-order valence-corrected chi connectivity index (χ4v) is 0.851. The first kappa shape index (κ1) is 4.71. The van der Waals surface area contributed by atoms with Crippen LogP contribution in [-0.2, 0) is 11.4 Å². The highest BCUT2D eigenvalue weighted by Gasteiger charge is 2.04. The molecule has 0 saturated carbocycles. The Morgan fingerprint density at radius 2 is 2.57 bits per heavy atom. The molecule has 0 amide bonds. The summed E-state index contributed by atoms with van der Waals surface area (Å²) >= 11 is 1.24. The van der Waals surface area contributed by atoms with Crippen molar-refractivity contribution in [3.05, 3.63) is 12.3 Å². The smallest absolute Gasteiger partial charge is 0.103 e. The number of rotatable bonds is 0. The SMILES string of the molecule is C=C1N=S=NC1C. The Bertz CT molecular complexity index is 155. The number of hydrogen-bond donors (Lipinski definition) is 0. The van der Waals surface area contributed by atoms with Crippen molar-refractivity contribution in [3.63, 3.8) is 0 Å². The molecule has 2 nitrogen and oxygen atoms in total. The highest BCUT2D eigenvalue weighted by Crippen LogP contribution is 2.08. The Morgan fingerprint density at radius 1 is 1.86 bits per heavy atom. The van der Waals surface area contributed by atoms with E-state index >= 15 is 0 Å². The predicted molar refractivity (Wildman–Crippen MR) is 30.8 cm³/mol. The summed E-state index contributed by atoms with van der Waals surface area (Å²) in [5, 5.41) is 0. The van der Waals surface area contributed by atoms with Crippen LogP contribution in [0, 0.1) is 0 Å². The van der Waals surface area contributed by atoms with Crippen LogP contribution in [0.4, 0.5) is 0 Å².